The monoisotopic (exact) mass is 384 g/mol. The number of likely N-dealkylation sites (tertiary alicyclic amines) is 1. The molecule has 2 saturated heterocycles. The molecule has 1 atom stereocenters. The number of rotatable bonds is 5. The fourth-order valence-electron chi connectivity index (χ4n) is 3.49. The number of benzene rings is 1. The van der Waals surface area contributed by atoms with Crippen molar-refractivity contribution in [1.29, 1.82) is 0 Å². The van der Waals surface area contributed by atoms with E-state index in [0.717, 1.165) is 6.42 Å². The van der Waals surface area contributed by atoms with Gasteiger partial charge in [0.15, 0.2) is 0 Å². The zero-order valence-corrected chi connectivity index (χ0v) is 15.3. The van der Waals surface area contributed by atoms with Gasteiger partial charge in [0.2, 0.25) is 11.8 Å². The first-order valence-electron chi connectivity index (χ1n) is 9.27. The topological polar surface area (TPSA) is 66.0 Å². The summed E-state index contributed by atoms with van der Waals surface area (Å²) >= 11 is 0. The largest absolute Gasteiger partial charge is 0.472 e. The van der Waals surface area contributed by atoms with Gasteiger partial charge in [-0.15, -0.1) is 0 Å². The Morgan fingerprint density at radius 3 is 2.71 bits per heavy atom. The zero-order chi connectivity index (χ0) is 19.5. The minimum absolute atomic E-state index is 0.0346. The van der Waals surface area contributed by atoms with Crippen LogP contribution in [0.15, 0.2) is 48.7 Å². The van der Waals surface area contributed by atoms with E-state index in [-0.39, 0.29) is 30.4 Å². The van der Waals surface area contributed by atoms with Crippen molar-refractivity contribution >= 4 is 17.6 Å². The summed E-state index contributed by atoms with van der Waals surface area (Å²) in [7, 11) is 0. The van der Waals surface area contributed by atoms with Crippen molar-refractivity contribution in [2.24, 2.45) is 0 Å². The third kappa shape index (κ3) is 3.90. The quantitative estimate of drug-likeness (QED) is 0.792. The Morgan fingerprint density at radius 1 is 1.14 bits per heavy atom. The predicted molar refractivity (Wildman–Crippen MR) is 101 cm³/mol. The Balaban J connectivity index is 1.30. The molecule has 0 aliphatic carbocycles. The molecular weight excluding hydrogens is 363 g/mol. The SMILES string of the molecule is O=C(CN1CCN(c2ccc(F)cc2)C1=O)N1CC[C@@H](Oc2ccccn2)C1. The van der Waals surface area contributed by atoms with Crippen LogP contribution in [0, 0.1) is 5.82 Å². The standard InChI is InChI=1S/C20H21FN4O3/c21-15-4-6-16(7-5-15)25-12-11-24(20(25)27)14-19(26)23-10-8-17(13-23)28-18-3-1-2-9-22-18/h1-7,9,17H,8,10-14H2/t17-/m1/s1. The van der Waals surface area contributed by atoms with Crippen LogP contribution < -0.4 is 9.64 Å². The molecule has 0 N–H and O–H groups in total. The van der Waals surface area contributed by atoms with Gasteiger partial charge in [-0.05, 0) is 30.3 Å². The maximum atomic E-state index is 13.1. The second-order valence-corrected chi connectivity index (χ2v) is 6.87. The zero-order valence-electron chi connectivity index (χ0n) is 15.3. The summed E-state index contributed by atoms with van der Waals surface area (Å²) in [6.45, 7) is 2.05. The number of carbonyl (C=O) groups excluding carboxylic acids is 2. The highest BCUT2D eigenvalue weighted by Gasteiger charge is 2.34. The van der Waals surface area contributed by atoms with Crippen molar-refractivity contribution in [1.82, 2.24) is 14.8 Å². The third-order valence-corrected chi connectivity index (χ3v) is 4.98. The highest BCUT2D eigenvalue weighted by Crippen LogP contribution is 2.21. The number of nitrogens with zero attached hydrogens (tertiary/aromatic N) is 4. The number of pyridine rings is 1. The summed E-state index contributed by atoms with van der Waals surface area (Å²) in [5.41, 5.74) is 0.631. The maximum absolute atomic E-state index is 13.1. The van der Waals surface area contributed by atoms with Crippen molar-refractivity contribution in [3.63, 3.8) is 0 Å². The summed E-state index contributed by atoms with van der Waals surface area (Å²) in [4.78, 5) is 34.2. The van der Waals surface area contributed by atoms with Crippen LogP contribution in [0.4, 0.5) is 14.9 Å². The number of ether oxygens (including phenoxy) is 1. The molecule has 8 heteroatoms. The van der Waals surface area contributed by atoms with E-state index in [4.69, 9.17) is 4.74 Å². The highest BCUT2D eigenvalue weighted by atomic mass is 19.1. The first kappa shape index (κ1) is 18.2. The predicted octanol–water partition coefficient (Wildman–Crippen LogP) is 2.14. The van der Waals surface area contributed by atoms with Crippen LogP contribution in [-0.2, 0) is 4.79 Å². The Labute approximate surface area is 162 Å². The number of anilines is 1. The lowest BCUT2D eigenvalue weighted by Crippen LogP contribution is -2.42. The van der Waals surface area contributed by atoms with E-state index in [2.05, 4.69) is 4.98 Å². The first-order valence-corrected chi connectivity index (χ1v) is 9.27. The second kappa shape index (κ2) is 7.84. The van der Waals surface area contributed by atoms with E-state index < -0.39 is 0 Å². The van der Waals surface area contributed by atoms with Gasteiger partial charge in [-0.25, -0.2) is 14.2 Å². The Morgan fingerprint density at radius 2 is 1.96 bits per heavy atom. The maximum Gasteiger partial charge on any atom is 0.325 e. The van der Waals surface area contributed by atoms with Gasteiger partial charge in [0.25, 0.3) is 0 Å². The Bertz CT molecular complexity index is 846. The van der Waals surface area contributed by atoms with Gasteiger partial charge in [-0.1, -0.05) is 6.07 Å². The molecule has 3 amide bonds. The molecule has 0 saturated carbocycles. The van der Waals surface area contributed by atoms with Gasteiger partial charge in [0.1, 0.15) is 18.5 Å². The lowest BCUT2D eigenvalue weighted by atomic mass is 10.3. The van der Waals surface area contributed by atoms with E-state index in [1.54, 1.807) is 34.2 Å². The van der Waals surface area contributed by atoms with E-state index in [0.29, 0.717) is 37.7 Å². The molecule has 2 aliphatic rings. The lowest BCUT2D eigenvalue weighted by Gasteiger charge is -2.22. The van der Waals surface area contributed by atoms with Crippen LogP contribution in [0.25, 0.3) is 0 Å². The van der Waals surface area contributed by atoms with Gasteiger partial charge >= 0.3 is 6.03 Å². The number of halogens is 1. The van der Waals surface area contributed by atoms with Crippen LogP contribution >= 0.6 is 0 Å². The molecule has 1 aromatic carbocycles. The first-order chi connectivity index (χ1) is 13.6. The van der Waals surface area contributed by atoms with E-state index in [1.165, 1.54) is 17.0 Å². The van der Waals surface area contributed by atoms with Crippen LogP contribution in [0.1, 0.15) is 6.42 Å². The van der Waals surface area contributed by atoms with Gasteiger partial charge in [-0.2, -0.15) is 0 Å². The molecule has 2 aromatic rings. The molecule has 2 aliphatic heterocycles. The summed E-state index contributed by atoms with van der Waals surface area (Å²) in [6, 6.07) is 11.0. The molecular formula is C20H21FN4O3. The second-order valence-electron chi connectivity index (χ2n) is 6.87. The van der Waals surface area contributed by atoms with Crippen molar-refractivity contribution in [3.8, 4) is 5.88 Å². The van der Waals surface area contributed by atoms with Crippen molar-refractivity contribution in [3.05, 3.63) is 54.5 Å². The molecule has 2 fully saturated rings. The smallest absolute Gasteiger partial charge is 0.325 e. The fraction of sp³-hybridized carbons (Fsp3) is 0.350. The van der Waals surface area contributed by atoms with Gasteiger partial charge in [-0.3, -0.25) is 9.69 Å². The molecule has 146 valence electrons. The average molecular weight is 384 g/mol. The number of hydrogen-bond acceptors (Lipinski definition) is 4. The van der Waals surface area contributed by atoms with Crippen molar-refractivity contribution in [2.45, 2.75) is 12.5 Å². The number of amides is 3. The van der Waals surface area contributed by atoms with E-state index in [1.807, 2.05) is 12.1 Å². The molecule has 0 unspecified atom stereocenters. The highest BCUT2D eigenvalue weighted by molar-refractivity contribution is 5.96. The van der Waals surface area contributed by atoms with Crippen LogP contribution in [-0.4, -0.2) is 65.5 Å². The molecule has 0 radical (unpaired) electrons. The Kier molecular flexibility index (Phi) is 5.10. The van der Waals surface area contributed by atoms with Crippen LogP contribution in [0.3, 0.4) is 0 Å². The van der Waals surface area contributed by atoms with E-state index in [9.17, 15) is 14.0 Å². The summed E-state index contributed by atoms with van der Waals surface area (Å²) in [5.74, 6) is 0.104. The fourth-order valence-corrected chi connectivity index (χ4v) is 3.49. The third-order valence-electron chi connectivity index (χ3n) is 4.98. The summed E-state index contributed by atoms with van der Waals surface area (Å²) in [5, 5.41) is 0. The molecule has 7 nitrogen and oxygen atoms in total. The minimum atomic E-state index is -0.348. The Hall–Kier alpha value is -3.16. The van der Waals surface area contributed by atoms with E-state index >= 15 is 0 Å². The number of urea groups is 1. The van der Waals surface area contributed by atoms with Crippen LogP contribution in [0.5, 0.6) is 5.88 Å². The number of carbonyl (C=O) groups is 2. The molecule has 28 heavy (non-hydrogen) atoms. The van der Waals surface area contributed by atoms with Gasteiger partial charge < -0.3 is 14.5 Å². The normalized spacial score (nSPS) is 19.4. The molecule has 4 rings (SSSR count). The van der Waals surface area contributed by atoms with Gasteiger partial charge in [0, 0.05) is 44.0 Å². The van der Waals surface area contributed by atoms with Gasteiger partial charge in [0.05, 0.1) is 6.54 Å². The number of aromatic nitrogens is 1. The molecule has 0 bridgehead atoms. The molecule has 1 aromatic heterocycles. The van der Waals surface area contributed by atoms with Crippen molar-refractivity contribution < 1.29 is 18.7 Å². The number of hydrogen-bond donors (Lipinski definition) is 0. The molecule has 3 heterocycles. The lowest BCUT2D eigenvalue weighted by molar-refractivity contribution is -0.130. The molecule has 0 spiro atoms. The summed E-state index contributed by atoms with van der Waals surface area (Å²) in [6.07, 6.45) is 2.31. The summed E-state index contributed by atoms with van der Waals surface area (Å²) < 4.78 is 18.9. The average Bonchev–Trinajstić information content (AvgIpc) is 3.31. The van der Waals surface area contributed by atoms with Crippen LogP contribution in [0.2, 0.25) is 0 Å². The minimum Gasteiger partial charge on any atom is -0.472 e. The van der Waals surface area contributed by atoms with Crippen molar-refractivity contribution in [2.75, 3.05) is 37.6 Å².